The van der Waals surface area contributed by atoms with Crippen LogP contribution >= 0.6 is 0 Å². The van der Waals surface area contributed by atoms with E-state index in [4.69, 9.17) is 4.74 Å². The first kappa shape index (κ1) is 15.3. The lowest BCUT2D eigenvalue weighted by Gasteiger charge is -2.52. The number of nitrogens with zero attached hydrogens (tertiary/aromatic N) is 3. The van der Waals surface area contributed by atoms with E-state index in [9.17, 15) is 8.42 Å². The summed E-state index contributed by atoms with van der Waals surface area (Å²) in [7, 11) is -3.03. The molecule has 2 saturated heterocycles. The zero-order chi connectivity index (χ0) is 15.9. The second kappa shape index (κ2) is 5.70. The summed E-state index contributed by atoms with van der Waals surface area (Å²) < 4.78 is 30.3. The van der Waals surface area contributed by atoms with E-state index in [-0.39, 0.29) is 11.7 Å². The van der Waals surface area contributed by atoms with Crippen LogP contribution in [-0.4, -0.2) is 59.5 Å². The van der Waals surface area contributed by atoms with Gasteiger partial charge in [-0.05, 0) is 25.3 Å². The summed E-state index contributed by atoms with van der Waals surface area (Å²) >= 11 is 0. The van der Waals surface area contributed by atoms with Gasteiger partial charge in [0.1, 0.15) is 4.75 Å². The van der Waals surface area contributed by atoms with Crippen molar-refractivity contribution in [3.8, 4) is 6.01 Å². The van der Waals surface area contributed by atoms with Crippen molar-refractivity contribution in [3.05, 3.63) is 18.5 Å². The van der Waals surface area contributed by atoms with Crippen molar-refractivity contribution in [2.45, 2.75) is 42.9 Å². The van der Waals surface area contributed by atoms with E-state index in [1.165, 1.54) is 25.7 Å². The number of hydrogen-bond acceptors (Lipinski definition) is 6. The molecule has 2 aliphatic heterocycles. The largest absolute Gasteiger partial charge is 0.463 e. The van der Waals surface area contributed by atoms with E-state index in [1.807, 2.05) is 0 Å². The normalized spacial score (nSPS) is 29.7. The predicted molar refractivity (Wildman–Crippen MR) is 86.0 cm³/mol. The van der Waals surface area contributed by atoms with E-state index in [1.54, 1.807) is 18.5 Å². The van der Waals surface area contributed by atoms with Gasteiger partial charge in [-0.25, -0.2) is 18.4 Å². The molecule has 0 radical (unpaired) electrons. The minimum Gasteiger partial charge on any atom is -0.463 e. The number of likely N-dealkylation sites (tertiary alicyclic amines) is 1. The van der Waals surface area contributed by atoms with Gasteiger partial charge in [0.05, 0.1) is 12.4 Å². The first-order valence-electron chi connectivity index (χ1n) is 8.47. The molecule has 1 saturated carbocycles. The molecular weight excluding hydrogens is 314 g/mol. The average Bonchev–Trinajstić information content (AvgIpc) is 3.10. The van der Waals surface area contributed by atoms with Crippen molar-refractivity contribution in [2.75, 3.05) is 25.4 Å². The van der Waals surface area contributed by atoms with Gasteiger partial charge in [0.2, 0.25) is 0 Å². The fourth-order valence-corrected chi connectivity index (χ4v) is 6.83. The molecule has 1 spiro atoms. The van der Waals surface area contributed by atoms with Gasteiger partial charge in [-0.3, -0.25) is 4.90 Å². The van der Waals surface area contributed by atoms with Crippen LogP contribution in [0.3, 0.4) is 0 Å². The predicted octanol–water partition coefficient (Wildman–Crippen LogP) is 1.29. The van der Waals surface area contributed by atoms with Crippen molar-refractivity contribution < 1.29 is 13.2 Å². The summed E-state index contributed by atoms with van der Waals surface area (Å²) in [5, 5.41) is 0. The molecule has 0 aromatic carbocycles. The van der Waals surface area contributed by atoms with Crippen molar-refractivity contribution in [1.29, 1.82) is 0 Å². The van der Waals surface area contributed by atoms with E-state index >= 15 is 0 Å². The summed E-state index contributed by atoms with van der Waals surface area (Å²) in [5.41, 5.74) is 0. The number of sulfone groups is 1. The van der Waals surface area contributed by atoms with Gasteiger partial charge in [0.25, 0.3) is 0 Å². The Hall–Kier alpha value is -1.21. The summed E-state index contributed by atoms with van der Waals surface area (Å²) in [4.78, 5) is 10.5. The molecule has 0 N–H and O–H groups in total. The Morgan fingerprint density at radius 1 is 1.17 bits per heavy atom. The number of rotatable bonds is 4. The highest BCUT2D eigenvalue weighted by atomic mass is 32.2. The van der Waals surface area contributed by atoms with Crippen LogP contribution in [0.5, 0.6) is 6.01 Å². The Bertz CT molecular complexity index is 652. The highest BCUT2D eigenvalue weighted by Crippen LogP contribution is 2.46. The third kappa shape index (κ3) is 2.54. The van der Waals surface area contributed by atoms with Crippen LogP contribution in [-0.2, 0) is 9.84 Å². The van der Waals surface area contributed by atoms with Crippen molar-refractivity contribution in [3.63, 3.8) is 0 Å². The van der Waals surface area contributed by atoms with E-state index < -0.39 is 14.6 Å². The molecule has 6 nitrogen and oxygen atoms in total. The number of ether oxygens (including phenoxy) is 1. The number of aromatic nitrogens is 2. The highest BCUT2D eigenvalue weighted by molar-refractivity contribution is 7.93. The second-order valence-corrected chi connectivity index (χ2v) is 9.51. The average molecular weight is 337 g/mol. The molecule has 4 rings (SSSR count). The smallest absolute Gasteiger partial charge is 0.316 e. The second-order valence-electron chi connectivity index (χ2n) is 7.05. The highest BCUT2D eigenvalue weighted by Gasteiger charge is 2.62. The minimum absolute atomic E-state index is 0.0500. The summed E-state index contributed by atoms with van der Waals surface area (Å²) in [6.07, 6.45) is 8.94. The maximum Gasteiger partial charge on any atom is 0.316 e. The molecule has 1 aromatic rings. The van der Waals surface area contributed by atoms with Gasteiger partial charge in [0, 0.05) is 37.4 Å². The third-order valence-electron chi connectivity index (χ3n) is 5.84. The van der Waals surface area contributed by atoms with Gasteiger partial charge < -0.3 is 4.74 Å². The molecule has 0 unspecified atom stereocenters. The van der Waals surface area contributed by atoms with Crippen LogP contribution in [0.1, 0.15) is 32.1 Å². The Kier molecular flexibility index (Phi) is 3.80. The lowest BCUT2D eigenvalue weighted by atomic mass is 9.82. The SMILES string of the molecule is O=S1(=O)CC[C@@H](COc2ncccn2)C12CN(C1CCCC1)C2. The van der Waals surface area contributed by atoms with E-state index in [0.29, 0.717) is 38.2 Å². The fourth-order valence-electron chi connectivity index (χ4n) is 4.41. The third-order valence-corrected chi connectivity index (χ3v) is 8.44. The molecule has 1 aromatic heterocycles. The van der Waals surface area contributed by atoms with Gasteiger partial charge in [-0.2, -0.15) is 0 Å². The molecule has 0 bridgehead atoms. The summed E-state index contributed by atoms with van der Waals surface area (Å²) in [6, 6.07) is 2.66. The topological polar surface area (TPSA) is 72.4 Å². The molecule has 3 aliphatic rings. The first-order valence-corrected chi connectivity index (χ1v) is 10.1. The van der Waals surface area contributed by atoms with Crippen LogP contribution < -0.4 is 4.74 Å². The molecule has 0 amide bonds. The molecule has 1 aliphatic carbocycles. The zero-order valence-corrected chi connectivity index (χ0v) is 14.0. The van der Waals surface area contributed by atoms with Crippen LogP contribution in [0.15, 0.2) is 18.5 Å². The lowest BCUT2D eigenvalue weighted by molar-refractivity contribution is 0.0309. The van der Waals surface area contributed by atoms with Crippen LogP contribution in [0.25, 0.3) is 0 Å². The molecule has 3 heterocycles. The molecule has 3 fully saturated rings. The van der Waals surface area contributed by atoms with E-state index in [0.717, 1.165) is 0 Å². The Morgan fingerprint density at radius 2 is 1.87 bits per heavy atom. The Balaban J connectivity index is 1.45. The molecule has 7 heteroatoms. The van der Waals surface area contributed by atoms with Crippen LogP contribution in [0, 0.1) is 5.92 Å². The van der Waals surface area contributed by atoms with Gasteiger partial charge in [-0.15, -0.1) is 0 Å². The van der Waals surface area contributed by atoms with Gasteiger partial charge in [0.15, 0.2) is 9.84 Å². The summed E-state index contributed by atoms with van der Waals surface area (Å²) in [5.74, 6) is 0.337. The monoisotopic (exact) mass is 337 g/mol. The van der Waals surface area contributed by atoms with Gasteiger partial charge >= 0.3 is 6.01 Å². The van der Waals surface area contributed by atoms with Crippen LogP contribution in [0.4, 0.5) is 0 Å². The number of hydrogen-bond donors (Lipinski definition) is 0. The van der Waals surface area contributed by atoms with Crippen molar-refractivity contribution in [2.24, 2.45) is 5.92 Å². The molecule has 23 heavy (non-hydrogen) atoms. The fraction of sp³-hybridized carbons (Fsp3) is 0.750. The quantitative estimate of drug-likeness (QED) is 0.824. The molecule has 1 atom stereocenters. The maximum atomic E-state index is 12.6. The van der Waals surface area contributed by atoms with E-state index in [2.05, 4.69) is 14.9 Å². The zero-order valence-electron chi connectivity index (χ0n) is 13.2. The minimum atomic E-state index is -3.03. The molecular formula is C16H23N3O3S. The maximum absolute atomic E-state index is 12.6. The first-order chi connectivity index (χ1) is 11.1. The van der Waals surface area contributed by atoms with Crippen molar-refractivity contribution >= 4 is 9.84 Å². The standard InChI is InChI=1S/C16H23N3O3S/c20-23(21)9-6-13(10-22-15-17-7-3-8-18-15)16(23)11-19(12-16)14-4-1-2-5-14/h3,7-8,13-14H,1-2,4-6,9-12H2/t13-/m0/s1. The van der Waals surface area contributed by atoms with Gasteiger partial charge in [-0.1, -0.05) is 12.8 Å². The Morgan fingerprint density at radius 3 is 2.57 bits per heavy atom. The summed E-state index contributed by atoms with van der Waals surface area (Å²) in [6.45, 7) is 1.76. The lowest BCUT2D eigenvalue weighted by Crippen LogP contribution is -2.69. The van der Waals surface area contributed by atoms with Crippen LogP contribution in [0.2, 0.25) is 0 Å². The van der Waals surface area contributed by atoms with Crippen molar-refractivity contribution in [1.82, 2.24) is 14.9 Å². The molecule has 126 valence electrons. The Labute approximate surface area is 137 Å².